The monoisotopic (exact) mass is 239 g/mol. The van der Waals surface area contributed by atoms with Crippen molar-refractivity contribution < 1.29 is 9.84 Å². The van der Waals surface area contributed by atoms with Crippen LogP contribution in [0, 0.1) is 0 Å². The third-order valence-corrected chi connectivity index (χ3v) is 2.34. The number of hydrogen-bond acceptors (Lipinski definition) is 5. The van der Waals surface area contributed by atoms with Crippen LogP contribution in [0.5, 0.6) is 5.88 Å². The first kappa shape index (κ1) is 13.6. The molecule has 0 saturated heterocycles. The number of nitrogen functional groups attached to an aromatic ring is 1. The first-order chi connectivity index (χ1) is 8.22. The van der Waals surface area contributed by atoms with E-state index in [1.54, 1.807) is 6.07 Å². The lowest BCUT2D eigenvalue weighted by molar-refractivity contribution is 0.300. The van der Waals surface area contributed by atoms with Crippen LogP contribution in [-0.4, -0.2) is 36.4 Å². The van der Waals surface area contributed by atoms with E-state index < -0.39 is 0 Å². The van der Waals surface area contributed by atoms with Crippen molar-refractivity contribution in [3.63, 3.8) is 0 Å². The molecule has 0 aliphatic carbocycles. The number of aromatic nitrogens is 1. The molecule has 0 bridgehead atoms. The Bertz CT molecular complexity index is 339. The highest BCUT2D eigenvalue weighted by molar-refractivity contribution is 5.54. The predicted octanol–water partition coefficient (Wildman–Crippen LogP) is 1.27. The van der Waals surface area contributed by atoms with Gasteiger partial charge in [0.05, 0.1) is 18.9 Å². The lowest BCUT2D eigenvalue weighted by Gasteiger charge is -2.22. The molecule has 5 heteroatoms. The number of rotatable bonds is 7. The molecular formula is C12H21N3O2. The maximum Gasteiger partial charge on any atom is 0.239 e. The fourth-order valence-corrected chi connectivity index (χ4v) is 1.60. The van der Waals surface area contributed by atoms with Crippen LogP contribution >= 0.6 is 0 Å². The fraction of sp³-hybridized carbons (Fsp3) is 0.583. The van der Waals surface area contributed by atoms with Crippen molar-refractivity contribution in [3.8, 4) is 5.88 Å². The molecule has 96 valence electrons. The van der Waals surface area contributed by atoms with Gasteiger partial charge in [-0.25, -0.2) is 0 Å². The number of hydrogen-bond donors (Lipinski definition) is 2. The first-order valence-electron chi connectivity index (χ1n) is 5.98. The van der Waals surface area contributed by atoms with Gasteiger partial charge in [0.2, 0.25) is 5.88 Å². The van der Waals surface area contributed by atoms with E-state index >= 15 is 0 Å². The molecule has 0 saturated carbocycles. The third kappa shape index (κ3) is 3.78. The molecule has 0 radical (unpaired) electrons. The van der Waals surface area contributed by atoms with Gasteiger partial charge in [-0.2, -0.15) is 4.98 Å². The molecule has 0 aromatic carbocycles. The summed E-state index contributed by atoms with van der Waals surface area (Å²) in [6.07, 6.45) is 0.996. The first-order valence-corrected chi connectivity index (χ1v) is 5.98. The second-order valence-corrected chi connectivity index (χ2v) is 3.71. The van der Waals surface area contributed by atoms with Crippen LogP contribution in [0.25, 0.3) is 0 Å². The second-order valence-electron chi connectivity index (χ2n) is 3.71. The average molecular weight is 239 g/mol. The summed E-state index contributed by atoms with van der Waals surface area (Å²) in [5, 5.41) is 9.03. The Morgan fingerprint density at radius 3 is 2.71 bits per heavy atom. The van der Waals surface area contributed by atoms with Gasteiger partial charge in [-0.1, -0.05) is 6.92 Å². The van der Waals surface area contributed by atoms with Gasteiger partial charge in [0.15, 0.2) is 0 Å². The second kappa shape index (κ2) is 6.96. The number of aliphatic hydroxyl groups is 1. The quantitative estimate of drug-likeness (QED) is 0.749. The maximum absolute atomic E-state index is 9.03. The third-order valence-electron chi connectivity index (χ3n) is 2.34. The standard InChI is InChI=1S/C12H21N3O2/c1-3-7-15(8-9-16)11-6-5-10(13)12(14-11)17-4-2/h5-6,16H,3-4,7-9,13H2,1-2H3. The van der Waals surface area contributed by atoms with Crippen LogP contribution in [0.15, 0.2) is 12.1 Å². The van der Waals surface area contributed by atoms with E-state index in [1.807, 2.05) is 17.9 Å². The van der Waals surface area contributed by atoms with Gasteiger partial charge in [-0.05, 0) is 25.5 Å². The minimum Gasteiger partial charge on any atom is -0.476 e. The molecule has 1 aromatic heterocycles. The number of aliphatic hydroxyl groups excluding tert-OH is 1. The largest absolute Gasteiger partial charge is 0.476 e. The predicted molar refractivity (Wildman–Crippen MR) is 69.4 cm³/mol. The van der Waals surface area contributed by atoms with Crippen LogP contribution in [0.3, 0.4) is 0 Å². The van der Waals surface area contributed by atoms with Crippen LogP contribution in [0.1, 0.15) is 20.3 Å². The molecule has 1 heterocycles. The minimum absolute atomic E-state index is 0.107. The van der Waals surface area contributed by atoms with Crippen molar-refractivity contribution in [1.82, 2.24) is 4.98 Å². The molecule has 0 aliphatic heterocycles. The molecular weight excluding hydrogens is 218 g/mol. The molecule has 1 rings (SSSR count). The normalized spacial score (nSPS) is 10.3. The van der Waals surface area contributed by atoms with Crippen LogP contribution in [-0.2, 0) is 0 Å². The van der Waals surface area contributed by atoms with E-state index in [4.69, 9.17) is 15.6 Å². The smallest absolute Gasteiger partial charge is 0.239 e. The summed E-state index contributed by atoms with van der Waals surface area (Å²) in [6.45, 7) is 6.04. The molecule has 0 unspecified atom stereocenters. The Kier molecular flexibility index (Phi) is 5.56. The SMILES string of the molecule is CCCN(CCO)c1ccc(N)c(OCC)n1. The molecule has 17 heavy (non-hydrogen) atoms. The summed E-state index contributed by atoms with van der Waals surface area (Å²) in [5.41, 5.74) is 6.31. The van der Waals surface area contributed by atoms with E-state index in [9.17, 15) is 0 Å². The fourth-order valence-electron chi connectivity index (χ4n) is 1.60. The number of pyridine rings is 1. The Labute approximate surface area is 102 Å². The Morgan fingerprint density at radius 1 is 1.35 bits per heavy atom. The zero-order chi connectivity index (χ0) is 12.7. The van der Waals surface area contributed by atoms with Gasteiger partial charge in [-0.3, -0.25) is 0 Å². The van der Waals surface area contributed by atoms with Gasteiger partial charge >= 0.3 is 0 Å². The summed E-state index contributed by atoms with van der Waals surface area (Å²) in [7, 11) is 0. The Hall–Kier alpha value is -1.49. The van der Waals surface area contributed by atoms with E-state index in [-0.39, 0.29) is 6.61 Å². The zero-order valence-corrected chi connectivity index (χ0v) is 10.5. The van der Waals surface area contributed by atoms with Crippen molar-refractivity contribution in [2.24, 2.45) is 0 Å². The summed E-state index contributed by atoms with van der Waals surface area (Å²) in [5.74, 6) is 1.25. The number of anilines is 2. The van der Waals surface area contributed by atoms with Gasteiger partial charge in [-0.15, -0.1) is 0 Å². The van der Waals surface area contributed by atoms with Crippen LogP contribution < -0.4 is 15.4 Å². The van der Waals surface area contributed by atoms with Crippen molar-refractivity contribution in [2.45, 2.75) is 20.3 Å². The topological polar surface area (TPSA) is 71.6 Å². The van der Waals surface area contributed by atoms with E-state index in [0.717, 1.165) is 18.8 Å². The van der Waals surface area contributed by atoms with Crippen molar-refractivity contribution in [2.75, 3.05) is 36.9 Å². The molecule has 1 aromatic rings. The van der Waals surface area contributed by atoms with Crippen LogP contribution in [0.4, 0.5) is 11.5 Å². The van der Waals surface area contributed by atoms with Crippen molar-refractivity contribution in [3.05, 3.63) is 12.1 Å². The Morgan fingerprint density at radius 2 is 2.12 bits per heavy atom. The number of ether oxygens (including phenoxy) is 1. The highest BCUT2D eigenvalue weighted by Crippen LogP contribution is 2.23. The minimum atomic E-state index is 0.107. The van der Waals surface area contributed by atoms with Gasteiger partial charge in [0, 0.05) is 13.1 Å². The lowest BCUT2D eigenvalue weighted by atomic mass is 10.3. The highest BCUT2D eigenvalue weighted by Gasteiger charge is 2.09. The molecule has 0 atom stereocenters. The molecule has 0 aliphatic rings. The van der Waals surface area contributed by atoms with Gasteiger partial charge in [0.1, 0.15) is 5.82 Å². The average Bonchev–Trinajstić information content (AvgIpc) is 2.32. The summed E-state index contributed by atoms with van der Waals surface area (Å²) in [6, 6.07) is 3.64. The molecule has 3 N–H and O–H groups in total. The summed E-state index contributed by atoms with van der Waals surface area (Å²) < 4.78 is 5.36. The summed E-state index contributed by atoms with van der Waals surface area (Å²) in [4.78, 5) is 6.38. The maximum atomic E-state index is 9.03. The highest BCUT2D eigenvalue weighted by atomic mass is 16.5. The van der Waals surface area contributed by atoms with Gasteiger partial charge < -0.3 is 20.5 Å². The lowest BCUT2D eigenvalue weighted by Crippen LogP contribution is -2.28. The van der Waals surface area contributed by atoms with Gasteiger partial charge in [0.25, 0.3) is 0 Å². The molecule has 0 fully saturated rings. The number of nitrogens with zero attached hydrogens (tertiary/aromatic N) is 2. The Balaban J connectivity index is 2.90. The van der Waals surface area contributed by atoms with E-state index in [0.29, 0.717) is 24.7 Å². The summed E-state index contributed by atoms with van der Waals surface area (Å²) >= 11 is 0. The zero-order valence-electron chi connectivity index (χ0n) is 10.5. The molecule has 0 amide bonds. The molecule has 0 spiro atoms. The van der Waals surface area contributed by atoms with E-state index in [1.165, 1.54) is 0 Å². The number of nitrogens with two attached hydrogens (primary N) is 1. The van der Waals surface area contributed by atoms with Crippen LogP contribution in [0.2, 0.25) is 0 Å². The van der Waals surface area contributed by atoms with Crippen molar-refractivity contribution in [1.29, 1.82) is 0 Å². The van der Waals surface area contributed by atoms with Crippen molar-refractivity contribution >= 4 is 11.5 Å². The van der Waals surface area contributed by atoms with E-state index in [2.05, 4.69) is 11.9 Å². The molecule has 5 nitrogen and oxygen atoms in total.